The van der Waals surface area contributed by atoms with E-state index < -0.39 is 0 Å². The van der Waals surface area contributed by atoms with Gasteiger partial charge in [-0.1, -0.05) is 30.3 Å². The number of hydrogen-bond donors (Lipinski definition) is 2. The molecule has 0 amide bonds. The molecule has 0 spiro atoms. The van der Waals surface area contributed by atoms with Crippen LogP contribution in [0, 0.1) is 0 Å². The third kappa shape index (κ3) is 6.09. The second-order valence-corrected chi connectivity index (χ2v) is 6.83. The lowest BCUT2D eigenvalue weighted by Crippen LogP contribution is -2.36. The van der Waals surface area contributed by atoms with Gasteiger partial charge in [0.15, 0.2) is 5.96 Å². The zero-order valence-electron chi connectivity index (χ0n) is 13.9. The Bertz CT molecular complexity index is 769. The lowest BCUT2D eigenvalue weighted by atomic mass is 10.2. The monoisotopic (exact) mass is 484 g/mol. The first-order chi connectivity index (χ1) is 11.8. The van der Waals surface area contributed by atoms with Crippen LogP contribution in [-0.4, -0.2) is 17.5 Å². The highest BCUT2D eigenvalue weighted by Crippen LogP contribution is 2.23. The standard InChI is InChI=1S/C18H20N4S2.HI/c1-2-19-18(20-10-14-8-9-23-12-14)21-11-16-13-24-17(22-16)15-6-4-3-5-7-15;/h3-9,12-13H,2,10-11H2,1H3,(H2,19,20,21);1H. The van der Waals surface area contributed by atoms with Crippen molar-refractivity contribution in [3.8, 4) is 10.6 Å². The van der Waals surface area contributed by atoms with Crippen molar-refractivity contribution in [2.45, 2.75) is 20.0 Å². The van der Waals surface area contributed by atoms with Gasteiger partial charge in [0, 0.05) is 17.5 Å². The number of guanidine groups is 1. The minimum Gasteiger partial charge on any atom is -0.357 e. The maximum atomic E-state index is 4.70. The topological polar surface area (TPSA) is 49.3 Å². The molecule has 3 rings (SSSR count). The smallest absolute Gasteiger partial charge is 0.191 e. The molecule has 0 aliphatic heterocycles. The van der Waals surface area contributed by atoms with Crippen molar-refractivity contribution in [1.82, 2.24) is 15.6 Å². The van der Waals surface area contributed by atoms with Crippen LogP contribution in [0.15, 0.2) is 57.5 Å². The number of nitrogens with zero attached hydrogens (tertiary/aromatic N) is 2. The highest BCUT2D eigenvalue weighted by Gasteiger charge is 2.05. The first-order valence-electron chi connectivity index (χ1n) is 7.88. The molecule has 0 saturated carbocycles. The first kappa shape index (κ1) is 19.9. The highest BCUT2D eigenvalue weighted by molar-refractivity contribution is 14.0. The van der Waals surface area contributed by atoms with Gasteiger partial charge >= 0.3 is 0 Å². The number of aliphatic imine (C=N–C) groups is 1. The van der Waals surface area contributed by atoms with E-state index in [1.54, 1.807) is 22.7 Å². The molecule has 2 N–H and O–H groups in total. The maximum absolute atomic E-state index is 4.70. The lowest BCUT2D eigenvalue weighted by Gasteiger charge is -2.09. The molecule has 0 aliphatic rings. The summed E-state index contributed by atoms with van der Waals surface area (Å²) in [4.78, 5) is 9.31. The Balaban J connectivity index is 0.00000225. The summed E-state index contributed by atoms with van der Waals surface area (Å²) in [6.45, 7) is 4.25. The Labute approximate surface area is 173 Å². The van der Waals surface area contributed by atoms with Crippen LogP contribution in [0.25, 0.3) is 10.6 Å². The Morgan fingerprint density at radius 1 is 1.12 bits per heavy atom. The third-order valence-electron chi connectivity index (χ3n) is 3.35. The van der Waals surface area contributed by atoms with E-state index in [9.17, 15) is 0 Å². The van der Waals surface area contributed by atoms with Gasteiger partial charge in [0.2, 0.25) is 0 Å². The van der Waals surface area contributed by atoms with Crippen molar-refractivity contribution in [2.24, 2.45) is 4.99 Å². The molecule has 7 heteroatoms. The Kier molecular flexibility index (Phi) is 8.36. The number of benzene rings is 1. The van der Waals surface area contributed by atoms with Crippen molar-refractivity contribution in [3.63, 3.8) is 0 Å². The SMILES string of the molecule is CCNC(=NCc1ccsc1)NCc1csc(-c2ccccc2)n1.I. The summed E-state index contributed by atoms with van der Waals surface area (Å²) in [6, 6.07) is 12.4. The molecule has 2 heterocycles. The van der Waals surface area contributed by atoms with E-state index in [0.29, 0.717) is 13.1 Å². The number of aromatic nitrogens is 1. The van der Waals surface area contributed by atoms with Crippen LogP contribution >= 0.6 is 46.7 Å². The van der Waals surface area contributed by atoms with Crippen LogP contribution in [0.4, 0.5) is 0 Å². The number of thiophene rings is 1. The quantitative estimate of drug-likeness (QED) is 0.302. The van der Waals surface area contributed by atoms with Crippen molar-refractivity contribution in [1.29, 1.82) is 0 Å². The molecule has 0 saturated heterocycles. The molecule has 2 aromatic heterocycles. The zero-order valence-corrected chi connectivity index (χ0v) is 17.9. The van der Waals surface area contributed by atoms with Crippen molar-refractivity contribution >= 4 is 52.6 Å². The molecule has 0 fully saturated rings. The fourth-order valence-corrected chi connectivity index (χ4v) is 3.66. The number of thiazole rings is 1. The van der Waals surface area contributed by atoms with Gasteiger partial charge in [-0.25, -0.2) is 9.98 Å². The molecule has 3 aromatic rings. The van der Waals surface area contributed by atoms with Gasteiger partial charge in [0.05, 0.1) is 18.8 Å². The summed E-state index contributed by atoms with van der Waals surface area (Å²) in [5.74, 6) is 0.818. The number of halogens is 1. The molecule has 4 nitrogen and oxygen atoms in total. The van der Waals surface area contributed by atoms with Gasteiger partial charge in [0.1, 0.15) is 5.01 Å². The van der Waals surface area contributed by atoms with E-state index in [1.165, 1.54) is 5.56 Å². The maximum Gasteiger partial charge on any atom is 0.191 e. The molecule has 0 radical (unpaired) electrons. The third-order valence-corrected chi connectivity index (χ3v) is 5.03. The lowest BCUT2D eigenvalue weighted by molar-refractivity contribution is 0.804. The number of rotatable bonds is 6. The molecule has 0 atom stereocenters. The molecule has 0 unspecified atom stereocenters. The second-order valence-electron chi connectivity index (χ2n) is 5.19. The summed E-state index contributed by atoms with van der Waals surface area (Å²) in [7, 11) is 0. The van der Waals surface area contributed by atoms with Gasteiger partial charge in [-0.3, -0.25) is 0 Å². The molecule has 0 aliphatic carbocycles. The van der Waals surface area contributed by atoms with Crippen LogP contribution in [0.5, 0.6) is 0 Å². The molecule has 132 valence electrons. The van der Waals surface area contributed by atoms with Gasteiger partial charge in [0.25, 0.3) is 0 Å². The van der Waals surface area contributed by atoms with Crippen molar-refractivity contribution in [2.75, 3.05) is 6.54 Å². The molecular weight excluding hydrogens is 463 g/mol. The largest absolute Gasteiger partial charge is 0.357 e. The van der Waals surface area contributed by atoms with Gasteiger partial charge in [-0.2, -0.15) is 11.3 Å². The number of hydrogen-bond acceptors (Lipinski definition) is 4. The van der Waals surface area contributed by atoms with Gasteiger partial charge < -0.3 is 10.6 Å². The summed E-state index contributed by atoms with van der Waals surface area (Å²) in [6.07, 6.45) is 0. The van der Waals surface area contributed by atoms with E-state index in [2.05, 4.69) is 56.9 Å². The average molecular weight is 484 g/mol. The first-order valence-corrected chi connectivity index (χ1v) is 9.70. The van der Waals surface area contributed by atoms with Crippen molar-refractivity contribution in [3.05, 3.63) is 63.8 Å². The Morgan fingerprint density at radius 3 is 2.68 bits per heavy atom. The normalized spacial score (nSPS) is 11.0. The minimum atomic E-state index is 0. The molecular formula is C18H21IN4S2. The highest BCUT2D eigenvalue weighted by atomic mass is 127. The fourth-order valence-electron chi connectivity index (χ4n) is 2.17. The van der Waals surface area contributed by atoms with Crippen LogP contribution in [0.3, 0.4) is 0 Å². The van der Waals surface area contributed by atoms with Crippen LogP contribution < -0.4 is 10.6 Å². The van der Waals surface area contributed by atoms with E-state index in [-0.39, 0.29) is 24.0 Å². The Hall–Kier alpha value is -1.45. The number of nitrogens with one attached hydrogen (secondary N) is 2. The van der Waals surface area contributed by atoms with Gasteiger partial charge in [-0.15, -0.1) is 35.3 Å². The summed E-state index contributed by atoms with van der Waals surface area (Å²) < 4.78 is 0. The van der Waals surface area contributed by atoms with E-state index in [4.69, 9.17) is 4.98 Å². The predicted octanol–water partition coefficient (Wildman–Crippen LogP) is 4.74. The summed E-state index contributed by atoms with van der Waals surface area (Å²) >= 11 is 3.37. The van der Waals surface area contributed by atoms with Crippen molar-refractivity contribution < 1.29 is 0 Å². The van der Waals surface area contributed by atoms with Crippen LogP contribution in [0.2, 0.25) is 0 Å². The van der Waals surface area contributed by atoms with Crippen LogP contribution in [-0.2, 0) is 13.1 Å². The van der Waals surface area contributed by atoms with E-state index in [0.717, 1.165) is 28.8 Å². The fraction of sp³-hybridized carbons (Fsp3) is 0.222. The van der Waals surface area contributed by atoms with Gasteiger partial charge in [-0.05, 0) is 29.3 Å². The second kappa shape index (κ2) is 10.5. The van der Waals surface area contributed by atoms with E-state index >= 15 is 0 Å². The Morgan fingerprint density at radius 2 is 1.96 bits per heavy atom. The summed E-state index contributed by atoms with van der Waals surface area (Å²) in [5, 5.41) is 14.0. The van der Waals surface area contributed by atoms with E-state index in [1.807, 2.05) is 18.2 Å². The summed E-state index contributed by atoms with van der Waals surface area (Å²) in [5.41, 5.74) is 3.42. The minimum absolute atomic E-state index is 0. The zero-order chi connectivity index (χ0) is 16.6. The molecule has 1 aromatic carbocycles. The molecule has 25 heavy (non-hydrogen) atoms. The molecule has 0 bridgehead atoms. The average Bonchev–Trinajstić information content (AvgIpc) is 3.30. The predicted molar refractivity (Wildman–Crippen MR) is 119 cm³/mol. The van der Waals surface area contributed by atoms with Crippen LogP contribution in [0.1, 0.15) is 18.2 Å².